The molecule has 2 heterocycles. The van der Waals surface area contributed by atoms with Crippen molar-refractivity contribution >= 4 is 33.5 Å². The molecule has 0 unspecified atom stereocenters. The summed E-state index contributed by atoms with van der Waals surface area (Å²) in [6, 6.07) is 14.9. The van der Waals surface area contributed by atoms with Crippen molar-refractivity contribution in [1.29, 1.82) is 0 Å². The monoisotopic (exact) mass is 439 g/mol. The summed E-state index contributed by atoms with van der Waals surface area (Å²) in [5.41, 5.74) is 2.78. The van der Waals surface area contributed by atoms with Gasteiger partial charge >= 0.3 is 5.97 Å². The van der Waals surface area contributed by atoms with Gasteiger partial charge in [0.25, 0.3) is 0 Å². The maximum absolute atomic E-state index is 13.0. The first-order chi connectivity index (χ1) is 13.6. The van der Waals surface area contributed by atoms with Crippen LogP contribution in [-0.4, -0.2) is 25.1 Å². The Bertz CT molecular complexity index is 980. The standard InChI is InChI=1S/C22H18BrNO4/c1-2-10-27-17-8-6-14(7-9-17)18-12-20(25)24(16-5-3-4-15(23)11-16)19-13-28-22(26)21(18)19/h2-9,11,18H,1,10,12-13H2/t18-/m0/s1. The summed E-state index contributed by atoms with van der Waals surface area (Å²) in [7, 11) is 0. The van der Waals surface area contributed by atoms with Crippen LogP contribution in [0.5, 0.6) is 5.75 Å². The minimum absolute atomic E-state index is 0.0628. The third-order valence-electron chi connectivity index (χ3n) is 4.83. The predicted molar refractivity (Wildman–Crippen MR) is 109 cm³/mol. The first-order valence-corrected chi connectivity index (χ1v) is 9.70. The molecular formula is C22H18BrNO4. The highest BCUT2D eigenvalue weighted by Crippen LogP contribution is 2.42. The quantitative estimate of drug-likeness (QED) is 0.513. The summed E-state index contributed by atoms with van der Waals surface area (Å²) in [6.07, 6.45) is 1.88. The van der Waals surface area contributed by atoms with E-state index in [-0.39, 0.29) is 30.8 Å². The summed E-state index contributed by atoms with van der Waals surface area (Å²) in [6.45, 7) is 4.15. The highest BCUT2D eigenvalue weighted by Gasteiger charge is 2.42. The third kappa shape index (κ3) is 3.36. The summed E-state index contributed by atoms with van der Waals surface area (Å²) < 4.78 is 11.7. The van der Waals surface area contributed by atoms with Crippen LogP contribution in [0.4, 0.5) is 5.69 Å². The van der Waals surface area contributed by atoms with Crippen molar-refractivity contribution in [3.63, 3.8) is 0 Å². The molecule has 2 aliphatic heterocycles. The number of benzene rings is 2. The lowest BCUT2D eigenvalue weighted by molar-refractivity contribution is -0.136. The zero-order chi connectivity index (χ0) is 19.7. The number of nitrogens with zero attached hydrogens (tertiary/aromatic N) is 1. The highest BCUT2D eigenvalue weighted by molar-refractivity contribution is 9.10. The summed E-state index contributed by atoms with van der Waals surface area (Å²) in [5.74, 6) is -0.0364. The van der Waals surface area contributed by atoms with Crippen molar-refractivity contribution in [2.75, 3.05) is 18.1 Å². The molecule has 0 radical (unpaired) electrons. The Morgan fingerprint density at radius 3 is 2.71 bits per heavy atom. The van der Waals surface area contributed by atoms with E-state index in [2.05, 4.69) is 22.5 Å². The average Bonchev–Trinajstić information content (AvgIpc) is 3.07. The number of halogens is 1. The normalized spacial score (nSPS) is 18.8. The van der Waals surface area contributed by atoms with Gasteiger partial charge in [-0.15, -0.1) is 0 Å². The van der Waals surface area contributed by atoms with Gasteiger partial charge < -0.3 is 9.47 Å². The smallest absolute Gasteiger partial charge is 0.336 e. The second-order valence-electron chi connectivity index (χ2n) is 6.57. The van der Waals surface area contributed by atoms with E-state index in [0.29, 0.717) is 23.6 Å². The molecular weight excluding hydrogens is 422 g/mol. The topological polar surface area (TPSA) is 55.8 Å². The fourth-order valence-corrected chi connectivity index (χ4v) is 3.99. The molecule has 2 aromatic carbocycles. The van der Waals surface area contributed by atoms with Crippen LogP contribution < -0.4 is 9.64 Å². The molecule has 28 heavy (non-hydrogen) atoms. The minimum atomic E-state index is -0.362. The lowest BCUT2D eigenvalue weighted by atomic mass is 9.84. The van der Waals surface area contributed by atoms with Crippen LogP contribution in [0.3, 0.4) is 0 Å². The fourth-order valence-electron chi connectivity index (χ4n) is 3.61. The number of ether oxygens (including phenoxy) is 2. The Kier molecular flexibility index (Phi) is 5.05. The maximum Gasteiger partial charge on any atom is 0.336 e. The second kappa shape index (κ2) is 7.64. The number of rotatable bonds is 5. The Balaban J connectivity index is 1.72. The Labute approximate surface area is 171 Å². The molecule has 4 rings (SSSR count). The average molecular weight is 440 g/mol. The van der Waals surface area contributed by atoms with Crippen LogP contribution in [0.1, 0.15) is 17.9 Å². The van der Waals surface area contributed by atoms with Crippen LogP contribution in [0, 0.1) is 0 Å². The molecule has 0 fully saturated rings. The molecule has 1 atom stereocenters. The second-order valence-corrected chi connectivity index (χ2v) is 7.49. The van der Waals surface area contributed by atoms with Gasteiger partial charge in [0.05, 0.1) is 11.3 Å². The zero-order valence-electron chi connectivity index (χ0n) is 15.1. The summed E-state index contributed by atoms with van der Waals surface area (Å²) >= 11 is 3.44. The number of hydrogen-bond donors (Lipinski definition) is 0. The van der Waals surface area contributed by atoms with Crippen molar-refractivity contribution in [3.8, 4) is 5.75 Å². The number of cyclic esters (lactones) is 1. The number of anilines is 1. The van der Waals surface area contributed by atoms with Gasteiger partial charge in [-0.1, -0.05) is 46.8 Å². The highest BCUT2D eigenvalue weighted by atomic mass is 79.9. The van der Waals surface area contributed by atoms with E-state index >= 15 is 0 Å². The van der Waals surface area contributed by atoms with E-state index in [9.17, 15) is 9.59 Å². The Morgan fingerprint density at radius 2 is 2.00 bits per heavy atom. The molecule has 0 aliphatic carbocycles. The Morgan fingerprint density at radius 1 is 1.21 bits per heavy atom. The van der Waals surface area contributed by atoms with Crippen LogP contribution >= 0.6 is 15.9 Å². The molecule has 0 bridgehead atoms. The van der Waals surface area contributed by atoms with Crippen molar-refractivity contribution in [3.05, 3.63) is 82.5 Å². The molecule has 0 saturated heterocycles. The van der Waals surface area contributed by atoms with Crippen LogP contribution in [0.2, 0.25) is 0 Å². The van der Waals surface area contributed by atoms with E-state index in [4.69, 9.17) is 9.47 Å². The number of hydrogen-bond acceptors (Lipinski definition) is 4. The van der Waals surface area contributed by atoms with Gasteiger partial charge in [-0.05, 0) is 35.9 Å². The predicted octanol–water partition coefficient (Wildman–Crippen LogP) is 4.35. The minimum Gasteiger partial charge on any atom is -0.490 e. The number of carbonyl (C=O) groups excluding carboxylic acids is 2. The van der Waals surface area contributed by atoms with Gasteiger partial charge in [-0.3, -0.25) is 9.69 Å². The molecule has 0 spiro atoms. The molecule has 2 aromatic rings. The van der Waals surface area contributed by atoms with Gasteiger partial charge in [0.15, 0.2) is 0 Å². The summed E-state index contributed by atoms with van der Waals surface area (Å²) in [5, 5.41) is 0. The van der Waals surface area contributed by atoms with E-state index < -0.39 is 0 Å². The lowest BCUT2D eigenvalue weighted by Crippen LogP contribution is -2.37. The van der Waals surface area contributed by atoms with Gasteiger partial charge in [0.1, 0.15) is 19.0 Å². The van der Waals surface area contributed by atoms with Crippen LogP contribution in [0.25, 0.3) is 0 Å². The van der Waals surface area contributed by atoms with Gasteiger partial charge in [0.2, 0.25) is 5.91 Å². The number of amides is 1. The number of carbonyl (C=O) groups is 2. The van der Waals surface area contributed by atoms with Crippen LogP contribution in [0.15, 0.2) is 76.9 Å². The van der Waals surface area contributed by atoms with Crippen molar-refractivity contribution in [2.24, 2.45) is 0 Å². The van der Waals surface area contributed by atoms with Crippen molar-refractivity contribution in [1.82, 2.24) is 0 Å². The first kappa shape index (κ1) is 18.5. The number of esters is 1. The SMILES string of the molecule is C=CCOc1ccc([C@@H]2CC(=O)N(c3cccc(Br)c3)C3=C2C(=O)OC3)cc1. The Hall–Kier alpha value is -2.86. The van der Waals surface area contributed by atoms with Crippen molar-refractivity contribution in [2.45, 2.75) is 12.3 Å². The first-order valence-electron chi connectivity index (χ1n) is 8.91. The van der Waals surface area contributed by atoms with Gasteiger partial charge in [-0.2, -0.15) is 0 Å². The van der Waals surface area contributed by atoms with Crippen molar-refractivity contribution < 1.29 is 19.1 Å². The third-order valence-corrected chi connectivity index (χ3v) is 5.33. The molecule has 2 aliphatic rings. The van der Waals surface area contributed by atoms with Gasteiger partial charge in [-0.25, -0.2) is 4.79 Å². The zero-order valence-corrected chi connectivity index (χ0v) is 16.6. The molecule has 5 nitrogen and oxygen atoms in total. The molecule has 6 heteroatoms. The van der Waals surface area contributed by atoms with E-state index in [1.165, 1.54) is 0 Å². The van der Waals surface area contributed by atoms with E-state index in [1.807, 2.05) is 48.5 Å². The summed E-state index contributed by atoms with van der Waals surface area (Å²) in [4.78, 5) is 27.1. The lowest BCUT2D eigenvalue weighted by Gasteiger charge is -2.32. The molecule has 0 saturated carbocycles. The fraction of sp³-hybridized carbons (Fsp3) is 0.182. The van der Waals surface area contributed by atoms with Gasteiger partial charge in [0, 0.05) is 22.5 Å². The molecule has 142 valence electrons. The molecule has 1 amide bonds. The maximum atomic E-state index is 13.0. The molecule has 0 aromatic heterocycles. The van der Waals surface area contributed by atoms with Crippen LogP contribution in [-0.2, 0) is 14.3 Å². The molecule has 0 N–H and O–H groups in total. The van der Waals surface area contributed by atoms with E-state index in [0.717, 1.165) is 15.7 Å². The van der Waals surface area contributed by atoms with E-state index in [1.54, 1.807) is 11.0 Å². The largest absolute Gasteiger partial charge is 0.490 e.